The molecule has 0 saturated carbocycles. The van der Waals surface area contributed by atoms with Crippen LogP contribution < -0.4 is 0 Å². The minimum Gasteiger partial charge on any atom is -0.227 e. The monoisotopic (exact) mass is 206 g/mol. The van der Waals surface area contributed by atoms with E-state index in [-0.39, 0.29) is 5.92 Å². The molecule has 1 radical (unpaired) electrons. The van der Waals surface area contributed by atoms with Gasteiger partial charge in [-0.2, -0.15) is 5.10 Å². The first-order chi connectivity index (χ1) is 6.83. The molecule has 0 aromatic carbocycles. The molecule has 0 N–H and O–H groups in total. The second kappa shape index (κ2) is 3.92. The normalized spacial score (nSPS) is 13.0. The van der Waals surface area contributed by atoms with Gasteiger partial charge in [0.25, 0.3) is 0 Å². The van der Waals surface area contributed by atoms with Crippen molar-refractivity contribution in [2.75, 3.05) is 0 Å². The molecule has 2 aromatic rings. The van der Waals surface area contributed by atoms with Crippen LogP contribution in [-0.2, 0) is 0 Å². The van der Waals surface area contributed by atoms with Crippen molar-refractivity contribution in [3.05, 3.63) is 36.5 Å². The lowest BCUT2D eigenvalue weighted by Gasteiger charge is -2.09. The lowest BCUT2D eigenvalue weighted by Crippen LogP contribution is -2.04. The number of hydrogen-bond donors (Lipinski definition) is 0. The summed E-state index contributed by atoms with van der Waals surface area (Å²) in [6.07, 6.45) is 4.59. The maximum absolute atomic E-state index is 4.25. The van der Waals surface area contributed by atoms with Crippen molar-refractivity contribution in [2.24, 2.45) is 0 Å². The van der Waals surface area contributed by atoms with Gasteiger partial charge in [-0.3, -0.25) is 0 Å². The molecule has 4 heteroatoms. The molecule has 0 aliphatic heterocycles. The van der Waals surface area contributed by atoms with Gasteiger partial charge in [0.1, 0.15) is 0 Å². The number of thiazole rings is 1. The molecule has 3 nitrogen and oxygen atoms in total. The van der Waals surface area contributed by atoms with E-state index in [4.69, 9.17) is 0 Å². The predicted molar refractivity (Wildman–Crippen MR) is 57.6 cm³/mol. The smallest absolute Gasteiger partial charge is 0.210 e. The Morgan fingerprint density at radius 3 is 3.07 bits per heavy atom. The highest BCUT2D eigenvalue weighted by atomic mass is 32.1. The average molecular weight is 206 g/mol. The van der Waals surface area contributed by atoms with Crippen LogP contribution in [0.15, 0.2) is 23.8 Å². The zero-order valence-corrected chi connectivity index (χ0v) is 8.87. The topological polar surface area (TPSA) is 30.7 Å². The summed E-state index contributed by atoms with van der Waals surface area (Å²) in [5.74, 6) is 0.279. The fourth-order valence-corrected chi connectivity index (χ4v) is 1.93. The van der Waals surface area contributed by atoms with Gasteiger partial charge in [-0.25, -0.2) is 9.67 Å². The highest BCUT2D eigenvalue weighted by molar-refractivity contribution is 7.12. The molecule has 1 unspecified atom stereocenters. The Kier molecular flexibility index (Phi) is 2.63. The van der Waals surface area contributed by atoms with Gasteiger partial charge < -0.3 is 0 Å². The Bertz CT molecular complexity index is 391. The van der Waals surface area contributed by atoms with Crippen molar-refractivity contribution < 1.29 is 0 Å². The first-order valence-electron chi connectivity index (χ1n) is 4.59. The van der Waals surface area contributed by atoms with Crippen LogP contribution in [0.2, 0.25) is 0 Å². The summed E-state index contributed by atoms with van der Waals surface area (Å²) in [4.78, 5) is 4.23. The van der Waals surface area contributed by atoms with E-state index in [1.807, 2.05) is 16.1 Å². The first-order valence-corrected chi connectivity index (χ1v) is 5.47. The summed E-state index contributed by atoms with van der Waals surface area (Å²) in [5, 5.41) is 7.11. The molecule has 2 heterocycles. The number of rotatable bonds is 3. The van der Waals surface area contributed by atoms with Crippen LogP contribution in [0.4, 0.5) is 0 Å². The van der Waals surface area contributed by atoms with Gasteiger partial charge in [-0.05, 0) is 19.4 Å². The molecular weight excluding hydrogens is 194 g/mol. The summed E-state index contributed by atoms with van der Waals surface area (Å²) in [5.41, 5.74) is 1.13. The molecule has 0 amide bonds. The molecule has 0 fully saturated rings. The Morgan fingerprint density at radius 2 is 2.43 bits per heavy atom. The molecule has 0 bridgehead atoms. The quantitative estimate of drug-likeness (QED) is 0.773. The van der Waals surface area contributed by atoms with Gasteiger partial charge in [0.05, 0.1) is 0 Å². The molecule has 0 spiro atoms. The highest BCUT2D eigenvalue weighted by Crippen LogP contribution is 2.21. The van der Waals surface area contributed by atoms with Gasteiger partial charge in [-0.1, -0.05) is 6.92 Å². The second-order valence-corrected chi connectivity index (χ2v) is 3.96. The third-order valence-electron chi connectivity index (χ3n) is 2.18. The molecule has 0 saturated heterocycles. The van der Waals surface area contributed by atoms with E-state index in [1.165, 1.54) is 0 Å². The largest absolute Gasteiger partial charge is 0.227 e. The van der Waals surface area contributed by atoms with E-state index in [2.05, 4.69) is 23.9 Å². The maximum atomic E-state index is 4.25. The van der Waals surface area contributed by atoms with E-state index in [1.54, 1.807) is 23.7 Å². The van der Waals surface area contributed by atoms with E-state index < -0.39 is 0 Å². The number of hydrogen-bond acceptors (Lipinski definition) is 3. The maximum Gasteiger partial charge on any atom is 0.210 e. The molecular formula is C10H12N3S. The number of nitrogens with zero attached hydrogens (tertiary/aromatic N) is 3. The lowest BCUT2D eigenvalue weighted by molar-refractivity contribution is 0.707. The van der Waals surface area contributed by atoms with Crippen molar-refractivity contribution in [1.29, 1.82) is 0 Å². The minimum absolute atomic E-state index is 0.279. The Labute approximate surface area is 87.4 Å². The van der Waals surface area contributed by atoms with E-state index >= 15 is 0 Å². The summed E-state index contributed by atoms with van der Waals surface area (Å²) in [6, 6.07) is 2.00. The van der Waals surface area contributed by atoms with Crippen LogP contribution in [0.5, 0.6) is 0 Å². The summed E-state index contributed by atoms with van der Waals surface area (Å²) in [7, 11) is 0. The van der Waals surface area contributed by atoms with Gasteiger partial charge in [0, 0.05) is 29.4 Å². The molecule has 73 valence electrons. The fourth-order valence-electron chi connectivity index (χ4n) is 1.31. The van der Waals surface area contributed by atoms with Crippen LogP contribution in [0.3, 0.4) is 0 Å². The SMILES string of the molecule is [CH2]C(CC)c1ccnn1-c1nccs1. The Hall–Kier alpha value is -1.16. The summed E-state index contributed by atoms with van der Waals surface area (Å²) >= 11 is 1.58. The zero-order valence-electron chi connectivity index (χ0n) is 8.05. The summed E-state index contributed by atoms with van der Waals surface area (Å²) in [6.45, 7) is 6.21. The lowest BCUT2D eigenvalue weighted by atomic mass is 10.1. The van der Waals surface area contributed by atoms with Crippen molar-refractivity contribution in [3.8, 4) is 5.13 Å². The number of aromatic nitrogens is 3. The molecule has 1 atom stereocenters. The van der Waals surface area contributed by atoms with Crippen LogP contribution >= 0.6 is 11.3 Å². The second-order valence-electron chi connectivity index (χ2n) is 3.09. The van der Waals surface area contributed by atoms with Gasteiger partial charge in [0.15, 0.2) is 0 Å². The van der Waals surface area contributed by atoms with Gasteiger partial charge in [0.2, 0.25) is 5.13 Å². The zero-order chi connectivity index (χ0) is 9.97. The predicted octanol–water partition coefficient (Wildman–Crippen LogP) is 2.66. The minimum atomic E-state index is 0.279. The molecule has 2 rings (SSSR count). The van der Waals surface area contributed by atoms with Crippen molar-refractivity contribution in [2.45, 2.75) is 19.3 Å². The van der Waals surface area contributed by atoms with Crippen molar-refractivity contribution in [1.82, 2.24) is 14.8 Å². The molecule has 0 aliphatic carbocycles. The van der Waals surface area contributed by atoms with Crippen LogP contribution in [0, 0.1) is 6.92 Å². The molecule has 2 aromatic heterocycles. The average Bonchev–Trinajstić information content (AvgIpc) is 2.85. The van der Waals surface area contributed by atoms with E-state index in [0.717, 1.165) is 17.2 Å². The first kappa shape index (κ1) is 9.40. The van der Waals surface area contributed by atoms with Crippen LogP contribution in [-0.4, -0.2) is 14.8 Å². The van der Waals surface area contributed by atoms with Crippen molar-refractivity contribution >= 4 is 11.3 Å². The van der Waals surface area contributed by atoms with Crippen molar-refractivity contribution in [3.63, 3.8) is 0 Å². The molecule has 14 heavy (non-hydrogen) atoms. The highest BCUT2D eigenvalue weighted by Gasteiger charge is 2.11. The molecule has 0 aliphatic rings. The Morgan fingerprint density at radius 1 is 1.57 bits per heavy atom. The fraction of sp³-hybridized carbons (Fsp3) is 0.300. The van der Waals surface area contributed by atoms with Gasteiger partial charge >= 0.3 is 0 Å². The van der Waals surface area contributed by atoms with E-state index in [0.29, 0.717) is 0 Å². The van der Waals surface area contributed by atoms with Crippen LogP contribution in [0.1, 0.15) is 25.0 Å². The summed E-state index contributed by atoms with van der Waals surface area (Å²) < 4.78 is 1.87. The van der Waals surface area contributed by atoms with E-state index in [9.17, 15) is 0 Å². The standard InChI is InChI=1S/C10H12N3S/c1-3-8(2)9-4-5-12-13(9)10-11-6-7-14-10/h4-8H,2-3H2,1H3. The van der Waals surface area contributed by atoms with Crippen LogP contribution in [0.25, 0.3) is 5.13 Å². The third kappa shape index (κ3) is 1.57. The third-order valence-corrected chi connectivity index (χ3v) is 2.93. The van der Waals surface area contributed by atoms with Gasteiger partial charge in [-0.15, -0.1) is 11.3 Å². The Balaban J connectivity index is 2.40.